The van der Waals surface area contributed by atoms with Gasteiger partial charge in [0.25, 0.3) is 0 Å². The van der Waals surface area contributed by atoms with Gasteiger partial charge < -0.3 is 5.11 Å². The van der Waals surface area contributed by atoms with E-state index in [1.165, 1.54) is 0 Å². The number of aliphatic hydroxyl groups excluding tert-OH is 1. The third kappa shape index (κ3) is 2.09. The molecule has 0 fully saturated rings. The van der Waals surface area contributed by atoms with Crippen molar-refractivity contribution < 1.29 is 5.11 Å². The van der Waals surface area contributed by atoms with Crippen LogP contribution < -0.4 is 0 Å². The van der Waals surface area contributed by atoms with Crippen LogP contribution in [0, 0.1) is 5.92 Å². The molecule has 2 atom stereocenters. The van der Waals surface area contributed by atoms with Gasteiger partial charge in [-0.15, -0.1) is 11.3 Å². The van der Waals surface area contributed by atoms with E-state index in [1.807, 2.05) is 11.4 Å². The number of aliphatic hydroxyl groups is 1. The Morgan fingerprint density at radius 2 is 2.33 bits per heavy atom. The Labute approximate surface area is 85.6 Å². The van der Waals surface area contributed by atoms with Gasteiger partial charge in [-0.1, -0.05) is 20.3 Å². The van der Waals surface area contributed by atoms with E-state index in [-0.39, 0.29) is 6.10 Å². The Hall–Kier alpha value is 0.140. The summed E-state index contributed by atoms with van der Waals surface area (Å²) in [6.45, 7) is 4.16. The maximum absolute atomic E-state index is 9.84. The summed E-state index contributed by atoms with van der Waals surface area (Å²) in [4.78, 5) is 1.05. The first kappa shape index (κ1) is 10.2. The highest BCUT2D eigenvalue weighted by Crippen LogP contribution is 2.33. The summed E-state index contributed by atoms with van der Waals surface area (Å²) in [7, 11) is 0. The predicted molar refractivity (Wildman–Crippen MR) is 56.4 cm³/mol. The number of halogens is 1. The van der Waals surface area contributed by atoms with E-state index in [9.17, 15) is 5.11 Å². The van der Waals surface area contributed by atoms with Crippen LogP contribution in [0.2, 0.25) is 0 Å². The Bertz CT molecular complexity index is 246. The summed E-state index contributed by atoms with van der Waals surface area (Å²) in [5.41, 5.74) is 0. The summed E-state index contributed by atoms with van der Waals surface area (Å²) in [6, 6.07) is 1.98. The molecule has 0 spiro atoms. The summed E-state index contributed by atoms with van der Waals surface area (Å²) < 4.78 is 1.03. The van der Waals surface area contributed by atoms with Crippen molar-refractivity contribution in [2.45, 2.75) is 26.4 Å². The van der Waals surface area contributed by atoms with Gasteiger partial charge in [-0.25, -0.2) is 0 Å². The highest BCUT2D eigenvalue weighted by Gasteiger charge is 2.17. The zero-order chi connectivity index (χ0) is 9.14. The molecule has 1 nitrogen and oxygen atoms in total. The van der Waals surface area contributed by atoms with Crippen molar-refractivity contribution in [1.29, 1.82) is 0 Å². The standard InChI is InChI=1S/C9H13BrOS/c1-3-6(2)8(11)9-7(10)4-5-12-9/h4-6,8,11H,3H2,1-2H3. The van der Waals surface area contributed by atoms with Crippen molar-refractivity contribution in [3.8, 4) is 0 Å². The lowest BCUT2D eigenvalue weighted by Crippen LogP contribution is -2.06. The fraction of sp³-hybridized carbons (Fsp3) is 0.556. The Kier molecular flexibility index (Phi) is 3.75. The van der Waals surface area contributed by atoms with Crippen molar-refractivity contribution in [3.63, 3.8) is 0 Å². The third-order valence-corrected chi connectivity index (χ3v) is 4.04. The van der Waals surface area contributed by atoms with Crippen LogP contribution in [0.5, 0.6) is 0 Å². The highest BCUT2D eigenvalue weighted by atomic mass is 79.9. The maximum atomic E-state index is 9.84. The molecule has 0 aromatic carbocycles. The SMILES string of the molecule is CCC(C)C(O)c1sccc1Br. The smallest absolute Gasteiger partial charge is 0.0918 e. The van der Waals surface area contributed by atoms with Gasteiger partial charge >= 0.3 is 0 Å². The minimum absolute atomic E-state index is 0.315. The largest absolute Gasteiger partial charge is 0.387 e. The average molecular weight is 249 g/mol. The highest BCUT2D eigenvalue weighted by molar-refractivity contribution is 9.10. The van der Waals surface area contributed by atoms with Crippen LogP contribution in [-0.2, 0) is 0 Å². The molecule has 0 amide bonds. The first-order valence-corrected chi connectivity index (χ1v) is 5.75. The molecule has 12 heavy (non-hydrogen) atoms. The van der Waals surface area contributed by atoms with Crippen LogP contribution in [0.1, 0.15) is 31.2 Å². The molecule has 1 heterocycles. The van der Waals surface area contributed by atoms with Gasteiger partial charge in [-0.3, -0.25) is 0 Å². The Balaban J connectivity index is 2.77. The topological polar surface area (TPSA) is 20.2 Å². The maximum Gasteiger partial charge on any atom is 0.0918 e. The zero-order valence-corrected chi connectivity index (χ0v) is 9.65. The average Bonchev–Trinajstić information content (AvgIpc) is 2.48. The van der Waals surface area contributed by atoms with E-state index in [2.05, 4.69) is 29.8 Å². The molecule has 0 aliphatic rings. The van der Waals surface area contributed by atoms with E-state index >= 15 is 0 Å². The van der Waals surface area contributed by atoms with Gasteiger partial charge in [-0.05, 0) is 33.3 Å². The number of rotatable bonds is 3. The van der Waals surface area contributed by atoms with Crippen LogP contribution in [0.15, 0.2) is 15.9 Å². The quantitative estimate of drug-likeness (QED) is 0.867. The van der Waals surface area contributed by atoms with E-state index < -0.39 is 0 Å². The normalized spacial score (nSPS) is 16.0. The van der Waals surface area contributed by atoms with Crippen LogP contribution in [0.4, 0.5) is 0 Å². The van der Waals surface area contributed by atoms with E-state index in [4.69, 9.17) is 0 Å². The Morgan fingerprint density at radius 1 is 1.67 bits per heavy atom. The summed E-state index contributed by atoms with van der Waals surface area (Å²) in [5.74, 6) is 0.333. The molecular formula is C9H13BrOS. The summed E-state index contributed by atoms with van der Waals surface area (Å²) in [6.07, 6.45) is 0.690. The molecule has 1 rings (SSSR count). The first-order chi connectivity index (χ1) is 5.66. The van der Waals surface area contributed by atoms with Crippen LogP contribution in [0.25, 0.3) is 0 Å². The van der Waals surface area contributed by atoms with Crippen LogP contribution >= 0.6 is 27.3 Å². The molecule has 1 aromatic rings. The molecule has 68 valence electrons. The fourth-order valence-corrected chi connectivity index (χ4v) is 2.72. The third-order valence-electron chi connectivity index (χ3n) is 2.10. The molecule has 1 N–H and O–H groups in total. The molecule has 1 aromatic heterocycles. The van der Waals surface area contributed by atoms with Crippen LogP contribution in [0.3, 0.4) is 0 Å². The predicted octanol–water partition coefficient (Wildman–Crippen LogP) is 3.59. The van der Waals surface area contributed by atoms with Crippen LogP contribution in [-0.4, -0.2) is 5.11 Å². The second-order valence-electron chi connectivity index (χ2n) is 2.96. The first-order valence-electron chi connectivity index (χ1n) is 4.07. The van der Waals surface area contributed by atoms with Gasteiger partial charge in [0.05, 0.1) is 6.10 Å². The molecule has 0 aliphatic carbocycles. The van der Waals surface area contributed by atoms with Gasteiger partial charge in [0, 0.05) is 9.35 Å². The molecule has 0 radical (unpaired) electrons. The lowest BCUT2D eigenvalue weighted by molar-refractivity contribution is 0.118. The number of hydrogen-bond donors (Lipinski definition) is 1. The minimum atomic E-state index is -0.315. The van der Waals surface area contributed by atoms with Crippen molar-refractivity contribution >= 4 is 27.3 Å². The molecule has 0 saturated carbocycles. The minimum Gasteiger partial charge on any atom is -0.387 e. The molecule has 0 aliphatic heterocycles. The molecule has 0 saturated heterocycles. The number of hydrogen-bond acceptors (Lipinski definition) is 2. The van der Waals surface area contributed by atoms with E-state index in [0.29, 0.717) is 5.92 Å². The summed E-state index contributed by atoms with van der Waals surface area (Å²) in [5, 5.41) is 11.8. The monoisotopic (exact) mass is 248 g/mol. The fourth-order valence-electron chi connectivity index (χ4n) is 0.998. The number of thiophene rings is 1. The summed E-state index contributed by atoms with van der Waals surface area (Å²) >= 11 is 5.02. The van der Waals surface area contributed by atoms with Crippen molar-refractivity contribution in [1.82, 2.24) is 0 Å². The molecule has 2 unspecified atom stereocenters. The zero-order valence-electron chi connectivity index (χ0n) is 7.25. The Morgan fingerprint density at radius 3 is 2.75 bits per heavy atom. The second kappa shape index (κ2) is 4.40. The van der Waals surface area contributed by atoms with Gasteiger partial charge in [0.15, 0.2) is 0 Å². The van der Waals surface area contributed by atoms with Gasteiger partial charge in [-0.2, -0.15) is 0 Å². The van der Waals surface area contributed by atoms with E-state index in [0.717, 1.165) is 15.8 Å². The lowest BCUT2D eigenvalue weighted by atomic mass is 10.0. The van der Waals surface area contributed by atoms with Crippen molar-refractivity contribution in [2.24, 2.45) is 5.92 Å². The van der Waals surface area contributed by atoms with Crippen molar-refractivity contribution in [2.75, 3.05) is 0 Å². The second-order valence-corrected chi connectivity index (χ2v) is 4.77. The molecule has 0 bridgehead atoms. The molecular weight excluding hydrogens is 236 g/mol. The van der Waals surface area contributed by atoms with Gasteiger partial charge in [0.2, 0.25) is 0 Å². The van der Waals surface area contributed by atoms with E-state index in [1.54, 1.807) is 11.3 Å². The van der Waals surface area contributed by atoms with Gasteiger partial charge in [0.1, 0.15) is 0 Å². The van der Waals surface area contributed by atoms with Crippen molar-refractivity contribution in [3.05, 3.63) is 20.8 Å². The molecule has 3 heteroatoms. The lowest BCUT2D eigenvalue weighted by Gasteiger charge is -2.15.